The van der Waals surface area contributed by atoms with Crippen LogP contribution < -0.4 is 5.32 Å². The first-order valence-corrected chi connectivity index (χ1v) is 4.87. The second kappa shape index (κ2) is 4.38. The molecule has 0 radical (unpaired) electrons. The molecule has 0 saturated heterocycles. The summed E-state index contributed by atoms with van der Waals surface area (Å²) in [4.78, 5) is 4.34. The Balaban J connectivity index is 2.37. The van der Waals surface area contributed by atoms with Crippen LogP contribution in [0.4, 0.5) is 0 Å². The number of aryl methyl sites for hydroxylation is 1. The number of rotatable bonds is 4. The Labute approximate surface area is 77.3 Å². The van der Waals surface area contributed by atoms with Gasteiger partial charge < -0.3 is 5.32 Å². The molecular formula is C9H14N2S. The molecule has 66 valence electrons. The zero-order chi connectivity index (χ0) is 8.97. The SMILES string of the molecule is C=CC(C)NCc1nc(C)cs1. The highest BCUT2D eigenvalue weighted by molar-refractivity contribution is 7.09. The van der Waals surface area contributed by atoms with Crippen molar-refractivity contribution in [2.24, 2.45) is 0 Å². The normalized spacial score (nSPS) is 12.8. The molecule has 1 aromatic rings. The number of aromatic nitrogens is 1. The second-order valence-electron chi connectivity index (χ2n) is 2.79. The maximum absolute atomic E-state index is 4.34. The Kier molecular flexibility index (Phi) is 3.44. The third-order valence-corrected chi connectivity index (χ3v) is 2.56. The van der Waals surface area contributed by atoms with Crippen molar-refractivity contribution in [2.75, 3.05) is 0 Å². The van der Waals surface area contributed by atoms with Crippen molar-refractivity contribution in [3.63, 3.8) is 0 Å². The predicted octanol–water partition coefficient (Wildman–Crippen LogP) is 2.12. The van der Waals surface area contributed by atoms with Gasteiger partial charge in [0, 0.05) is 23.7 Å². The minimum absolute atomic E-state index is 0.356. The topological polar surface area (TPSA) is 24.9 Å². The van der Waals surface area contributed by atoms with Gasteiger partial charge in [-0.3, -0.25) is 0 Å². The van der Waals surface area contributed by atoms with Crippen molar-refractivity contribution in [1.82, 2.24) is 10.3 Å². The Morgan fingerprint density at radius 3 is 3.08 bits per heavy atom. The Hall–Kier alpha value is -0.670. The molecule has 0 saturated carbocycles. The Bertz CT molecular complexity index is 255. The minimum Gasteiger partial charge on any atom is -0.304 e. The van der Waals surface area contributed by atoms with Crippen LogP contribution in [-0.2, 0) is 6.54 Å². The van der Waals surface area contributed by atoms with Crippen LogP contribution in [0, 0.1) is 6.92 Å². The number of hydrogen-bond donors (Lipinski definition) is 1. The molecule has 0 aliphatic rings. The second-order valence-corrected chi connectivity index (χ2v) is 3.73. The van der Waals surface area contributed by atoms with Gasteiger partial charge >= 0.3 is 0 Å². The van der Waals surface area contributed by atoms with Crippen molar-refractivity contribution < 1.29 is 0 Å². The van der Waals surface area contributed by atoms with E-state index in [0.717, 1.165) is 17.2 Å². The summed E-state index contributed by atoms with van der Waals surface area (Å²) < 4.78 is 0. The van der Waals surface area contributed by atoms with Gasteiger partial charge in [-0.25, -0.2) is 4.98 Å². The molecule has 3 heteroatoms. The van der Waals surface area contributed by atoms with E-state index in [2.05, 4.69) is 29.2 Å². The standard InChI is InChI=1S/C9H14N2S/c1-4-7(2)10-5-9-11-8(3)6-12-9/h4,6-7,10H,1,5H2,2-3H3. The van der Waals surface area contributed by atoms with Gasteiger partial charge in [0.1, 0.15) is 5.01 Å². The van der Waals surface area contributed by atoms with E-state index >= 15 is 0 Å². The summed E-state index contributed by atoms with van der Waals surface area (Å²) in [5.74, 6) is 0. The van der Waals surface area contributed by atoms with Crippen LogP contribution in [0.15, 0.2) is 18.0 Å². The molecular weight excluding hydrogens is 168 g/mol. The van der Waals surface area contributed by atoms with Crippen molar-refractivity contribution in [1.29, 1.82) is 0 Å². The zero-order valence-electron chi connectivity index (χ0n) is 7.50. The van der Waals surface area contributed by atoms with Gasteiger partial charge in [-0.15, -0.1) is 17.9 Å². The average Bonchev–Trinajstić information content (AvgIpc) is 2.47. The third kappa shape index (κ3) is 2.75. The quantitative estimate of drug-likeness (QED) is 0.721. The molecule has 2 nitrogen and oxygen atoms in total. The van der Waals surface area contributed by atoms with E-state index in [1.807, 2.05) is 13.0 Å². The zero-order valence-corrected chi connectivity index (χ0v) is 8.32. The fourth-order valence-electron chi connectivity index (χ4n) is 0.816. The summed E-state index contributed by atoms with van der Waals surface area (Å²) in [7, 11) is 0. The maximum atomic E-state index is 4.34. The summed E-state index contributed by atoms with van der Waals surface area (Å²) in [6.07, 6.45) is 1.89. The van der Waals surface area contributed by atoms with Gasteiger partial charge in [-0.1, -0.05) is 6.08 Å². The summed E-state index contributed by atoms with van der Waals surface area (Å²) in [5.41, 5.74) is 1.10. The van der Waals surface area contributed by atoms with E-state index in [0.29, 0.717) is 6.04 Å². The number of nitrogens with zero attached hydrogens (tertiary/aromatic N) is 1. The first-order valence-electron chi connectivity index (χ1n) is 3.99. The van der Waals surface area contributed by atoms with Gasteiger partial charge in [0.2, 0.25) is 0 Å². The van der Waals surface area contributed by atoms with Crippen LogP contribution >= 0.6 is 11.3 Å². The smallest absolute Gasteiger partial charge is 0.107 e. The molecule has 1 N–H and O–H groups in total. The molecule has 1 aromatic heterocycles. The van der Waals surface area contributed by atoms with E-state index < -0.39 is 0 Å². The fraction of sp³-hybridized carbons (Fsp3) is 0.444. The minimum atomic E-state index is 0.356. The molecule has 0 aliphatic carbocycles. The lowest BCUT2D eigenvalue weighted by Crippen LogP contribution is -2.22. The molecule has 0 fully saturated rings. The number of hydrogen-bond acceptors (Lipinski definition) is 3. The summed E-state index contributed by atoms with van der Waals surface area (Å²) in [6, 6.07) is 0.356. The Morgan fingerprint density at radius 1 is 1.83 bits per heavy atom. The first-order chi connectivity index (χ1) is 5.72. The van der Waals surface area contributed by atoms with Gasteiger partial charge in [0.15, 0.2) is 0 Å². The van der Waals surface area contributed by atoms with E-state index in [4.69, 9.17) is 0 Å². The predicted molar refractivity (Wildman–Crippen MR) is 53.3 cm³/mol. The number of nitrogens with one attached hydrogen (secondary N) is 1. The van der Waals surface area contributed by atoms with Crippen molar-refractivity contribution in [2.45, 2.75) is 26.4 Å². The lowest BCUT2D eigenvalue weighted by atomic mass is 10.3. The molecule has 0 amide bonds. The molecule has 0 spiro atoms. The largest absolute Gasteiger partial charge is 0.304 e. The van der Waals surface area contributed by atoms with Crippen LogP contribution in [0.1, 0.15) is 17.6 Å². The van der Waals surface area contributed by atoms with Crippen molar-refractivity contribution >= 4 is 11.3 Å². The summed E-state index contributed by atoms with van der Waals surface area (Å²) in [5, 5.41) is 6.50. The molecule has 0 aromatic carbocycles. The molecule has 1 heterocycles. The van der Waals surface area contributed by atoms with E-state index in [9.17, 15) is 0 Å². The van der Waals surface area contributed by atoms with Gasteiger partial charge in [-0.05, 0) is 13.8 Å². The molecule has 12 heavy (non-hydrogen) atoms. The van der Waals surface area contributed by atoms with Gasteiger partial charge in [0.25, 0.3) is 0 Å². The third-order valence-electron chi connectivity index (χ3n) is 1.60. The maximum Gasteiger partial charge on any atom is 0.107 e. The van der Waals surface area contributed by atoms with Gasteiger partial charge in [-0.2, -0.15) is 0 Å². The van der Waals surface area contributed by atoms with Crippen molar-refractivity contribution in [3.8, 4) is 0 Å². The van der Waals surface area contributed by atoms with Crippen LogP contribution in [0.2, 0.25) is 0 Å². The molecule has 0 bridgehead atoms. The van der Waals surface area contributed by atoms with E-state index in [1.165, 1.54) is 0 Å². The summed E-state index contributed by atoms with van der Waals surface area (Å²) >= 11 is 1.69. The van der Waals surface area contributed by atoms with Crippen LogP contribution in [0.5, 0.6) is 0 Å². The highest BCUT2D eigenvalue weighted by Gasteiger charge is 1.99. The van der Waals surface area contributed by atoms with Crippen LogP contribution in [0.3, 0.4) is 0 Å². The highest BCUT2D eigenvalue weighted by atomic mass is 32.1. The van der Waals surface area contributed by atoms with Crippen LogP contribution in [0.25, 0.3) is 0 Å². The molecule has 0 aliphatic heterocycles. The number of thiazole rings is 1. The average molecular weight is 182 g/mol. The lowest BCUT2D eigenvalue weighted by molar-refractivity contribution is 0.631. The highest BCUT2D eigenvalue weighted by Crippen LogP contribution is 2.07. The van der Waals surface area contributed by atoms with Gasteiger partial charge in [0.05, 0.1) is 0 Å². The first kappa shape index (κ1) is 9.42. The van der Waals surface area contributed by atoms with Crippen LogP contribution in [-0.4, -0.2) is 11.0 Å². The van der Waals surface area contributed by atoms with Crippen molar-refractivity contribution in [3.05, 3.63) is 28.7 Å². The lowest BCUT2D eigenvalue weighted by Gasteiger charge is -2.05. The monoisotopic (exact) mass is 182 g/mol. The molecule has 1 rings (SSSR count). The van der Waals surface area contributed by atoms with E-state index in [1.54, 1.807) is 11.3 Å². The van der Waals surface area contributed by atoms with E-state index in [-0.39, 0.29) is 0 Å². The molecule has 1 unspecified atom stereocenters. The molecule has 1 atom stereocenters. The Morgan fingerprint density at radius 2 is 2.58 bits per heavy atom. The summed E-state index contributed by atoms with van der Waals surface area (Å²) in [6.45, 7) is 8.63. The fourth-order valence-corrected chi connectivity index (χ4v) is 1.54.